The van der Waals surface area contributed by atoms with Crippen LogP contribution in [-0.2, 0) is 31.2 Å². The van der Waals surface area contributed by atoms with Gasteiger partial charge < -0.3 is 0 Å². The Balaban J connectivity index is 1.98. The number of aryl methyl sites for hydroxylation is 2. The van der Waals surface area contributed by atoms with Gasteiger partial charge in [0.1, 0.15) is 0 Å². The summed E-state index contributed by atoms with van der Waals surface area (Å²) in [5, 5.41) is 9.25. The number of hydrogen-bond donors (Lipinski definition) is 0. The fourth-order valence-electron chi connectivity index (χ4n) is 5.63. The van der Waals surface area contributed by atoms with Gasteiger partial charge in [-0.1, -0.05) is 0 Å². The fourth-order valence-corrected chi connectivity index (χ4v) is 8.87. The topological polar surface area (TPSA) is 96.6 Å². The van der Waals surface area contributed by atoms with Gasteiger partial charge in [-0.2, -0.15) is 0 Å². The van der Waals surface area contributed by atoms with Crippen molar-refractivity contribution in [3.63, 3.8) is 0 Å². The molecule has 45 heavy (non-hydrogen) atoms. The monoisotopic (exact) mass is 638 g/mol. The molecule has 244 valence electrons. The molecule has 0 radical (unpaired) electrons. The zero-order valence-corrected chi connectivity index (χ0v) is 29.5. The summed E-state index contributed by atoms with van der Waals surface area (Å²) in [6, 6.07) is 10.2. The number of carbonyl (C=O) groups is 1. The van der Waals surface area contributed by atoms with E-state index in [0.29, 0.717) is 17.9 Å². The van der Waals surface area contributed by atoms with Crippen LogP contribution in [0.5, 0.6) is 11.5 Å². The summed E-state index contributed by atoms with van der Waals surface area (Å²) in [6.07, 6.45) is 1.96. The van der Waals surface area contributed by atoms with Crippen molar-refractivity contribution < 1.29 is 27.8 Å². The molecule has 0 bridgehead atoms. The normalized spacial score (nSPS) is 18.0. The van der Waals surface area contributed by atoms with Gasteiger partial charge in [-0.15, -0.1) is 0 Å². The van der Waals surface area contributed by atoms with Crippen LogP contribution in [0.3, 0.4) is 0 Å². The molecule has 11 heteroatoms. The van der Waals surface area contributed by atoms with Crippen molar-refractivity contribution in [1.29, 1.82) is 0 Å². The molecule has 3 aromatic rings. The molecular formula is C34H47N4O6P. The Hall–Kier alpha value is -3.78. The zero-order valence-electron chi connectivity index (χ0n) is 28.6. The van der Waals surface area contributed by atoms with Crippen molar-refractivity contribution in [1.82, 2.24) is 14.3 Å². The van der Waals surface area contributed by atoms with E-state index < -0.39 is 19.8 Å². The molecule has 0 aliphatic carbocycles. The summed E-state index contributed by atoms with van der Waals surface area (Å²) in [6.45, 7) is 24.1. The molecule has 0 fully saturated rings. The number of ether oxygens (including phenoxy) is 2. The quantitative estimate of drug-likeness (QED) is 0.265. The van der Waals surface area contributed by atoms with Crippen LogP contribution in [0.25, 0.3) is 0 Å². The van der Waals surface area contributed by atoms with E-state index in [1.165, 1.54) is 4.45 Å². The van der Waals surface area contributed by atoms with Gasteiger partial charge in [-0.3, -0.25) is 0 Å². The minimum atomic E-state index is -5.33. The molecule has 5 rings (SSSR count). The number of aromatic nitrogens is 2. The first-order chi connectivity index (χ1) is 20.8. The van der Waals surface area contributed by atoms with Crippen LogP contribution < -0.4 is 9.05 Å². The molecule has 1 amide bonds. The van der Waals surface area contributed by atoms with Gasteiger partial charge in [0.05, 0.1) is 0 Å². The van der Waals surface area contributed by atoms with Crippen LogP contribution >= 0.6 is 7.59 Å². The predicted octanol–water partition coefficient (Wildman–Crippen LogP) is 8.71. The molecule has 0 unspecified atom stereocenters. The molecule has 2 aliphatic rings. The fraction of sp³-hybridized carbons (Fsp3) is 0.500. The van der Waals surface area contributed by atoms with Crippen LogP contribution in [0.4, 0.5) is 4.79 Å². The van der Waals surface area contributed by atoms with Crippen molar-refractivity contribution in [2.75, 3.05) is 0 Å². The van der Waals surface area contributed by atoms with Crippen molar-refractivity contribution >= 4 is 19.8 Å². The van der Waals surface area contributed by atoms with Gasteiger partial charge in [0.15, 0.2) is 0 Å². The summed E-state index contributed by atoms with van der Waals surface area (Å²) >= 11 is 0. The zero-order chi connectivity index (χ0) is 33.1. The third-order valence-electron chi connectivity index (χ3n) is 7.51. The Kier molecular flexibility index (Phi) is 7.92. The van der Waals surface area contributed by atoms with E-state index in [1.807, 2.05) is 13.8 Å². The summed E-state index contributed by atoms with van der Waals surface area (Å²) in [5.74, 6) is 1.07. The summed E-state index contributed by atoms with van der Waals surface area (Å²) in [5.41, 5.74) is 5.13. The Morgan fingerprint density at radius 1 is 0.844 bits per heavy atom. The molecule has 1 aromatic heterocycles. The van der Waals surface area contributed by atoms with E-state index in [2.05, 4.69) is 89.9 Å². The van der Waals surface area contributed by atoms with Crippen LogP contribution in [-0.4, -0.2) is 38.7 Å². The van der Waals surface area contributed by atoms with Crippen LogP contribution in [0.15, 0.2) is 47.8 Å². The third kappa shape index (κ3) is 5.73. The maximum atomic E-state index is 14.2. The second-order valence-corrected chi connectivity index (χ2v) is 17.5. The summed E-state index contributed by atoms with van der Waals surface area (Å²) in [7, 11) is -5.33. The van der Waals surface area contributed by atoms with Gasteiger partial charge in [0, 0.05) is 0 Å². The molecule has 10 nitrogen and oxygen atoms in total. The molecule has 0 saturated heterocycles. The minimum absolute atomic E-state index is 0.184. The van der Waals surface area contributed by atoms with E-state index in [1.54, 1.807) is 32.3 Å². The van der Waals surface area contributed by atoms with Crippen LogP contribution in [0, 0.1) is 13.8 Å². The van der Waals surface area contributed by atoms with E-state index in [0.717, 1.165) is 38.2 Å². The molecule has 0 saturated carbocycles. The van der Waals surface area contributed by atoms with E-state index in [-0.39, 0.29) is 23.0 Å². The number of hydrazone groups is 1. The molecule has 2 aliphatic heterocycles. The molecule has 0 N–H and O–H groups in total. The number of carbonyl (C=O) groups excluding carboxylic acids is 1. The SMILES string of the molecule is Cc1cc2c(c(C(C)(C)C)c1)OP1(n3cccn3)(OC(OC(C)C)=NN1C(=O)OC(C)C)Oc1c(cc(C)cc1C(C)(C)C)C2. The summed E-state index contributed by atoms with van der Waals surface area (Å²) < 4.78 is 35.8. The number of rotatable bonds is 3. The number of hydrogen-bond acceptors (Lipinski definition) is 8. The van der Waals surface area contributed by atoms with E-state index in [9.17, 15) is 4.79 Å². The van der Waals surface area contributed by atoms with Crippen molar-refractivity contribution in [3.8, 4) is 11.5 Å². The first-order valence-corrected chi connectivity index (χ1v) is 17.4. The van der Waals surface area contributed by atoms with Crippen LogP contribution in [0.2, 0.25) is 0 Å². The third-order valence-corrected chi connectivity index (χ3v) is 10.8. The number of nitrogens with zero attached hydrogens (tertiary/aromatic N) is 4. The Morgan fingerprint density at radius 2 is 1.38 bits per heavy atom. The Labute approximate surface area is 266 Å². The molecule has 2 aromatic carbocycles. The van der Waals surface area contributed by atoms with Crippen molar-refractivity contribution in [2.45, 2.75) is 113 Å². The van der Waals surface area contributed by atoms with Crippen molar-refractivity contribution in [2.24, 2.45) is 5.10 Å². The van der Waals surface area contributed by atoms with Gasteiger partial charge in [-0.05, 0) is 0 Å². The number of fused-ring (bicyclic) bond motifs is 2. The molecule has 3 heterocycles. The van der Waals surface area contributed by atoms with Crippen LogP contribution in [0.1, 0.15) is 103 Å². The average molecular weight is 639 g/mol. The average Bonchev–Trinajstić information content (AvgIpc) is 3.53. The first kappa shape index (κ1) is 32.6. The summed E-state index contributed by atoms with van der Waals surface area (Å²) in [4.78, 5) is 14.2. The van der Waals surface area contributed by atoms with E-state index >= 15 is 0 Å². The second-order valence-electron chi connectivity index (χ2n) is 14.5. The molecule has 0 atom stereocenters. The van der Waals surface area contributed by atoms with Crippen molar-refractivity contribution in [3.05, 3.63) is 76.1 Å². The van der Waals surface area contributed by atoms with Gasteiger partial charge in [0.2, 0.25) is 0 Å². The Morgan fingerprint density at radius 3 is 1.80 bits per heavy atom. The predicted molar refractivity (Wildman–Crippen MR) is 177 cm³/mol. The number of benzene rings is 2. The maximum absolute atomic E-state index is 14.2. The van der Waals surface area contributed by atoms with E-state index in [4.69, 9.17) is 23.0 Å². The second kappa shape index (κ2) is 10.9. The molecular weight excluding hydrogens is 591 g/mol. The standard InChI is InChI=1S/C34H47N4O6P/c1-21(2)40-31-36-38(32(39)41-22(3)4)45(44-31,37-15-13-14-35-37)42-29-25(16-23(5)18-27(29)33(7,8)9)20-26-17-24(6)19-28(30(26)43-45)34(10,11)12/h13-19,21-22H,20H2,1-12H3. The Bertz CT molecular complexity index is 1580. The number of amides is 1. The van der Waals surface area contributed by atoms with Gasteiger partial charge >= 0.3 is 267 Å². The molecule has 1 spiro atoms. The first-order valence-electron chi connectivity index (χ1n) is 15.5. The van der Waals surface area contributed by atoms with Gasteiger partial charge in [-0.25, -0.2) is 0 Å². The van der Waals surface area contributed by atoms with Gasteiger partial charge in [0.25, 0.3) is 0 Å².